The number of ether oxygens (including phenoxy) is 1. The molecule has 11 heteroatoms. The minimum atomic E-state index is -5.77. The molecule has 0 spiro atoms. The first-order chi connectivity index (χ1) is 17.6. The topological polar surface area (TPSA) is 96.3 Å². The number of hydrogen-bond acceptors (Lipinski definition) is 7. The van der Waals surface area contributed by atoms with Crippen LogP contribution in [0.2, 0.25) is 0 Å². The van der Waals surface area contributed by atoms with Gasteiger partial charge in [0.05, 0.1) is 6.61 Å². The summed E-state index contributed by atoms with van der Waals surface area (Å²) >= 11 is 0. The molecule has 3 aromatic rings. The van der Waals surface area contributed by atoms with Gasteiger partial charge in [-0.3, -0.25) is 4.90 Å². The zero-order valence-corrected chi connectivity index (χ0v) is 20.6. The molecule has 0 aliphatic heterocycles. The van der Waals surface area contributed by atoms with Gasteiger partial charge in [0.1, 0.15) is 24.2 Å². The van der Waals surface area contributed by atoms with Crippen LogP contribution in [-0.2, 0) is 23.1 Å². The normalized spacial score (nSPS) is 13.8. The van der Waals surface area contributed by atoms with Gasteiger partial charge in [0.15, 0.2) is 0 Å². The lowest BCUT2D eigenvalue weighted by Gasteiger charge is -2.32. The number of aliphatic hydroxyl groups excluding tert-OH is 2. The highest BCUT2D eigenvalue weighted by atomic mass is 32.2. The van der Waals surface area contributed by atoms with E-state index in [-0.39, 0.29) is 26.2 Å². The SMILES string of the molecule is O=S(=O)(Oc1ccc(C[C@@H](CO)N(Cc2ccccc2)C[C@H](O)COc2ccccc2)cc1)C(F)(F)F. The molecule has 0 aromatic heterocycles. The van der Waals surface area contributed by atoms with Gasteiger partial charge in [-0.25, -0.2) is 0 Å². The standard InChI is InChI=1S/C26H28F3NO6S/c27-26(28,29)37(33,34)36-25-13-11-20(12-14-25)15-22(18-31)30(16-21-7-3-1-4-8-21)17-23(32)19-35-24-9-5-2-6-10-24/h1-14,22-23,31-32H,15-19H2/t22-,23-/m0/s1. The number of nitrogens with zero attached hydrogens (tertiary/aromatic N) is 1. The van der Waals surface area contributed by atoms with E-state index in [1.54, 1.807) is 12.1 Å². The van der Waals surface area contributed by atoms with Gasteiger partial charge in [0.25, 0.3) is 0 Å². The van der Waals surface area contributed by atoms with Gasteiger partial charge in [0.2, 0.25) is 0 Å². The van der Waals surface area contributed by atoms with E-state index in [1.807, 2.05) is 53.4 Å². The van der Waals surface area contributed by atoms with E-state index in [0.717, 1.165) is 17.7 Å². The molecule has 0 heterocycles. The molecule has 0 fully saturated rings. The molecule has 3 aromatic carbocycles. The lowest BCUT2D eigenvalue weighted by atomic mass is 10.0. The van der Waals surface area contributed by atoms with Crippen molar-refractivity contribution in [1.29, 1.82) is 0 Å². The Labute approximate surface area is 213 Å². The molecule has 0 aliphatic carbocycles. The van der Waals surface area contributed by atoms with E-state index < -0.39 is 33.5 Å². The molecule has 0 amide bonds. The summed E-state index contributed by atoms with van der Waals surface area (Å²) in [4.78, 5) is 1.90. The van der Waals surface area contributed by atoms with Crippen molar-refractivity contribution in [2.45, 2.75) is 30.6 Å². The van der Waals surface area contributed by atoms with Crippen molar-refractivity contribution < 1.29 is 40.7 Å². The third kappa shape index (κ3) is 8.74. The Bertz CT molecular complexity index is 1190. The molecule has 0 aliphatic rings. The summed E-state index contributed by atoms with van der Waals surface area (Å²) in [6.45, 7) is 0.366. The highest BCUT2D eigenvalue weighted by Gasteiger charge is 2.48. The minimum absolute atomic E-state index is 0.0349. The van der Waals surface area contributed by atoms with E-state index in [1.165, 1.54) is 12.1 Å². The maximum Gasteiger partial charge on any atom is 0.534 e. The highest BCUT2D eigenvalue weighted by Crippen LogP contribution is 2.27. The number of para-hydroxylation sites is 1. The summed E-state index contributed by atoms with van der Waals surface area (Å²) in [7, 11) is -5.77. The Morgan fingerprint density at radius 2 is 1.43 bits per heavy atom. The van der Waals surface area contributed by atoms with Crippen LogP contribution in [0.3, 0.4) is 0 Å². The van der Waals surface area contributed by atoms with Crippen molar-refractivity contribution in [3.05, 3.63) is 96.1 Å². The van der Waals surface area contributed by atoms with Gasteiger partial charge >= 0.3 is 15.6 Å². The van der Waals surface area contributed by atoms with Crippen molar-refractivity contribution in [2.75, 3.05) is 19.8 Å². The van der Waals surface area contributed by atoms with E-state index in [9.17, 15) is 31.8 Å². The molecular weight excluding hydrogens is 511 g/mol. The number of rotatable bonds is 13. The van der Waals surface area contributed by atoms with Crippen LogP contribution < -0.4 is 8.92 Å². The molecule has 0 saturated heterocycles. The molecule has 3 rings (SSSR count). The van der Waals surface area contributed by atoms with Crippen LogP contribution in [0.5, 0.6) is 11.5 Å². The minimum Gasteiger partial charge on any atom is -0.491 e. The van der Waals surface area contributed by atoms with E-state index in [0.29, 0.717) is 17.9 Å². The van der Waals surface area contributed by atoms with Crippen LogP contribution in [-0.4, -0.2) is 60.9 Å². The first kappa shape index (κ1) is 28.5. The van der Waals surface area contributed by atoms with Crippen LogP contribution in [0.4, 0.5) is 13.2 Å². The number of hydrogen-bond donors (Lipinski definition) is 2. The fourth-order valence-corrected chi connectivity index (χ4v) is 4.09. The van der Waals surface area contributed by atoms with Crippen LogP contribution >= 0.6 is 0 Å². The zero-order valence-electron chi connectivity index (χ0n) is 19.8. The van der Waals surface area contributed by atoms with Crippen molar-refractivity contribution in [2.24, 2.45) is 0 Å². The van der Waals surface area contributed by atoms with Crippen LogP contribution in [0.1, 0.15) is 11.1 Å². The Balaban J connectivity index is 1.70. The summed E-state index contributed by atoms with van der Waals surface area (Å²) in [5, 5.41) is 20.8. The van der Waals surface area contributed by atoms with Gasteiger partial charge in [-0.1, -0.05) is 60.7 Å². The average molecular weight is 540 g/mol. The number of halogens is 3. The molecule has 0 bridgehead atoms. The van der Waals surface area contributed by atoms with E-state index in [4.69, 9.17) is 4.74 Å². The largest absolute Gasteiger partial charge is 0.534 e. The Morgan fingerprint density at radius 1 is 0.838 bits per heavy atom. The third-order valence-electron chi connectivity index (χ3n) is 5.47. The quantitative estimate of drug-likeness (QED) is 0.252. The summed E-state index contributed by atoms with van der Waals surface area (Å²) < 4.78 is 69.9. The van der Waals surface area contributed by atoms with Crippen LogP contribution in [0.25, 0.3) is 0 Å². The number of alkyl halides is 3. The maximum atomic E-state index is 12.6. The van der Waals surface area contributed by atoms with Gasteiger partial charge in [-0.05, 0) is 41.8 Å². The Morgan fingerprint density at radius 3 is 2.00 bits per heavy atom. The molecule has 0 unspecified atom stereocenters. The Hall–Kier alpha value is -3.12. The molecule has 0 radical (unpaired) electrons. The lowest BCUT2D eigenvalue weighted by Crippen LogP contribution is -2.44. The maximum absolute atomic E-state index is 12.6. The van der Waals surface area contributed by atoms with Gasteiger partial charge in [-0.15, -0.1) is 0 Å². The molecular formula is C26H28F3NO6S. The summed E-state index contributed by atoms with van der Waals surface area (Å²) in [6, 6.07) is 23.2. The van der Waals surface area contributed by atoms with E-state index in [2.05, 4.69) is 4.18 Å². The molecule has 2 atom stereocenters. The highest BCUT2D eigenvalue weighted by molar-refractivity contribution is 7.88. The predicted molar refractivity (Wildman–Crippen MR) is 131 cm³/mol. The monoisotopic (exact) mass is 539 g/mol. The van der Waals surface area contributed by atoms with Gasteiger partial charge in [-0.2, -0.15) is 21.6 Å². The smallest absolute Gasteiger partial charge is 0.491 e. The molecule has 2 N–H and O–H groups in total. The fraction of sp³-hybridized carbons (Fsp3) is 0.308. The van der Waals surface area contributed by atoms with Crippen molar-refractivity contribution >= 4 is 10.1 Å². The Kier molecular flexibility index (Phi) is 9.93. The lowest BCUT2D eigenvalue weighted by molar-refractivity contribution is -0.0500. The van der Waals surface area contributed by atoms with E-state index >= 15 is 0 Å². The number of benzene rings is 3. The van der Waals surface area contributed by atoms with Crippen molar-refractivity contribution in [1.82, 2.24) is 4.90 Å². The summed E-state index contributed by atoms with van der Waals surface area (Å²) in [6.07, 6.45) is -0.594. The van der Waals surface area contributed by atoms with Gasteiger partial charge < -0.3 is 19.1 Å². The average Bonchev–Trinajstić information content (AvgIpc) is 2.87. The molecule has 37 heavy (non-hydrogen) atoms. The molecule has 200 valence electrons. The second kappa shape index (κ2) is 12.9. The second-order valence-corrected chi connectivity index (χ2v) is 9.90. The summed E-state index contributed by atoms with van der Waals surface area (Å²) in [5.41, 5.74) is -3.95. The molecule has 0 saturated carbocycles. The van der Waals surface area contributed by atoms with Crippen molar-refractivity contribution in [3.63, 3.8) is 0 Å². The van der Waals surface area contributed by atoms with Crippen LogP contribution in [0, 0.1) is 0 Å². The zero-order chi connectivity index (χ0) is 26.9. The van der Waals surface area contributed by atoms with Gasteiger partial charge in [0, 0.05) is 19.1 Å². The predicted octanol–water partition coefficient (Wildman–Crippen LogP) is 3.76. The summed E-state index contributed by atoms with van der Waals surface area (Å²) in [5.74, 6) is 0.140. The van der Waals surface area contributed by atoms with Crippen LogP contribution in [0.15, 0.2) is 84.9 Å². The second-order valence-electron chi connectivity index (χ2n) is 8.36. The fourth-order valence-electron chi connectivity index (χ4n) is 3.63. The number of aliphatic hydroxyl groups is 2. The van der Waals surface area contributed by atoms with Crippen molar-refractivity contribution in [3.8, 4) is 11.5 Å². The molecule has 7 nitrogen and oxygen atoms in total. The third-order valence-corrected chi connectivity index (χ3v) is 6.45. The first-order valence-corrected chi connectivity index (χ1v) is 12.8. The first-order valence-electron chi connectivity index (χ1n) is 11.4.